The van der Waals surface area contributed by atoms with Gasteiger partial charge >= 0.3 is 6.09 Å². The fraction of sp³-hybridized carbons (Fsp3) is 0.750. The molecule has 0 spiro atoms. The van der Waals surface area contributed by atoms with Crippen LogP contribution in [-0.4, -0.2) is 36.0 Å². The van der Waals surface area contributed by atoms with Gasteiger partial charge in [-0.05, 0) is 26.8 Å². The Hall–Kier alpha value is -1.23. The predicted molar refractivity (Wildman–Crippen MR) is 61.0 cm³/mol. The zero-order chi connectivity index (χ0) is 12.5. The molecule has 0 aromatic heterocycles. The molecule has 1 fully saturated rings. The van der Waals surface area contributed by atoms with Crippen molar-refractivity contribution in [1.29, 1.82) is 0 Å². The molecule has 96 valence electrons. The first kappa shape index (κ1) is 12.2. The van der Waals surface area contributed by atoms with Crippen LogP contribution < -0.4 is 0 Å². The highest BCUT2D eigenvalue weighted by atomic mass is 16.7. The topological polar surface area (TPSA) is 48.0 Å². The van der Waals surface area contributed by atoms with Crippen molar-refractivity contribution in [3.8, 4) is 0 Å². The molecular formula is C12H19NO4. The Balaban J connectivity index is 1.90. The van der Waals surface area contributed by atoms with Gasteiger partial charge in [0, 0.05) is 12.3 Å². The number of hydrogen-bond acceptors (Lipinski definition) is 4. The molecule has 0 aromatic carbocycles. The quantitative estimate of drug-likeness (QED) is 0.651. The largest absolute Gasteiger partial charge is 0.498 e. The number of ether oxygens (including phenoxy) is 2. The van der Waals surface area contributed by atoms with Crippen molar-refractivity contribution in [2.75, 3.05) is 13.2 Å². The average molecular weight is 241 g/mol. The molecule has 0 radical (unpaired) electrons. The van der Waals surface area contributed by atoms with Crippen LogP contribution in [0.2, 0.25) is 0 Å². The zero-order valence-corrected chi connectivity index (χ0v) is 10.5. The van der Waals surface area contributed by atoms with Gasteiger partial charge in [0.05, 0.1) is 19.4 Å². The summed E-state index contributed by atoms with van der Waals surface area (Å²) in [4.78, 5) is 17.3. The Bertz CT molecular complexity index is 321. The maximum atomic E-state index is 11.8. The van der Waals surface area contributed by atoms with Gasteiger partial charge in [-0.2, -0.15) is 5.06 Å². The molecule has 1 saturated heterocycles. The highest BCUT2D eigenvalue weighted by Gasteiger charge is 2.32. The van der Waals surface area contributed by atoms with Gasteiger partial charge in [0.15, 0.2) is 0 Å². The summed E-state index contributed by atoms with van der Waals surface area (Å²) in [5, 5.41) is 1.29. The van der Waals surface area contributed by atoms with Gasteiger partial charge in [-0.15, -0.1) is 0 Å². The van der Waals surface area contributed by atoms with E-state index in [1.54, 1.807) is 6.26 Å². The first-order valence-corrected chi connectivity index (χ1v) is 5.91. The van der Waals surface area contributed by atoms with Gasteiger partial charge in [-0.3, -0.25) is 4.84 Å². The average Bonchev–Trinajstić information content (AvgIpc) is 2.54. The molecule has 17 heavy (non-hydrogen) atoms. The number of carbonyl (C=O) groups excluding carboxylic acids is 1. The lowest BCUT2D eigenvalue weighted by Gasteiger charge is -2.25. The Morgan fingerprint density at radius 1 is 1.47 bits per heavy atom. The van der Waals surface area contributed by atoms with Crippen LogP contribution in [0.15, 0.2) is 12.3 Å². The van der Waals surface area contributed by atoms with Crippen molar-refractivity contribution in [3.05, 3.63) is 12.3 Å². The van der Waals surface area contributed by atoms with Crippen LogP contribution in [-0.2, 0) is 14.3 Å². The summed E-state index contributed by atoms with van der Waals surface area (Å²) >= 11 is 0. The molecule has 0 aromatic rings. The molecule has 2 unspecified atom stereocenters. The minimum Gasteiger partial charge on any atom is -0.498 e. The Kier molecular flexibility index (Phi) is 3.28. The molecule has 2 aliphatic rings. The summed E-state index contributed by atoms with van der Waals surface area (Å²) < 4.78 is 10.7. The van der Waals surface area contributed by atoms with Crippen molar-refractivity contribution in [3.63, 3.8) is 0 Å². The summed E-state index contributed by atoms with van der Waals surface area (Å²) in [6, 6.07) is 0. The van der Waals surface area contributed by atoms with E-state index in [0.29, 0.717) is 13.2 Å². The van der Waals surface area contributed by atoms with Crippen LogP contribution in [0, 0.1) is 5.92 Å². The molecule has 5 nitrogen and oxygen atoms in total. The molecule has 0 saturated carbocycles. The first-order valence-electron chi connectivity index (χ1n) is 5.91. The van der Waals surface area contributed by atoms with Gasteiger partial charge in [0.1, 0.15) is 11.7 Å². The van der Waals surface area contributed by atoms with Crippen molar-refractivity contribution < 1.29 is 19.1 Å². The third kappa shape index (κ3) is 3.12. The smallest absolute Gasteiger partial charge is 0.434 e. The highest BCUT2D eigenvalue weighted by molar-refractivity contribution is 5.66. The molecule has 0 bridgehead atoms. The summed E-state index contributed by atoms with van der Waals surface area (Å²) in [7, 11) is 0. The van der Waals surface area contributed by atoms with Crippen LogP contribution in [0.5, 0.6) is 0 Å². The van der Waals surface area contributed by atoms with Gasteiger partial charge in [0.2, 0.25) is 0 Å². The number of fused-ring (bicyclic) bond motifs is 1. The van der Waals surface area contributed by atoms with E-state index in [4.69, 9.17) is 14.3 Å². The number of nitrogens with zero attached hydrogens (tertiary/aromatic N) is 1. The van der Waals surface area contributed by atoms with Crippen molar-refractivity contribution >= 4 is 6.09 Å². The molecule has 2 aliphatic heterocycles. The number of carbonyl (C=O) groups is 1. The van der Waals surface area contributed by atoms with E-state index in [1.165, 1.54) is 5.06 Å². The standard InChI is InChI=1S/C12H19NO4/c1-12(2,3)17-11(14)13-6-4-10-9(8-16-13)5-7-15-10/h5,7,9-10H,4,6,8H2,1-3H3. The highest BCUT2D eigenvalue weighted by Crippen LogP contribution is 2.25. The normalized spacial score (nSPS) is 28.3. The van der Waals surface area contributed by atoms with Gasteiger partial charge in [-0.25, -0.2) is 4.79 Å². The second-order valence-electron chi connectivity index (χ2n) is 5.33. The minimum absolute atomic E-state index is 0.127. The van der Waals surface area contributed by atoms with Crippen LogP contribution in [0.4, 0.5) is 4.79 Å². The summed E-state index contributed by atoms with van der Waals surface area (Å²) in [5.74, 6) is 0.238. The Morgan fingerprint density at radius 2 is 2.24 bits per heavy atom. The Labute approximate surface area is 101 Å². The first-order chi connectivity index (χ1) is 7.96. The van der Waals surface area contributed by atoms with E-state index in [0.717, 1.165) is 6.42 Å². The lowest BCUT2D eigenvalue weighted by atomic mass is 10.0. The maximum absolute atomic E-state index is 11.8. The van der Waals surface area contributed by atoms with E-state index >= 15 is 0 Å². The fourth-order valence-electron chi connectivity index (χ4n) is 1.86. The zero-order valence-electron chi connectivity index (χ0n) is 10.5. The van der Waals surface area contributed by atoms with E-state index in [9.17, 15) is 4.79 Å². The number of hydrogen-bond donors (Lipinski definition) is 0. The Morgan fingerprint density at radius 3 is 2.94 bits per heavy atom. The van der Waals surface area contributed by atoms with E-state index < -0.39 is 11.7 Å². The molecule has 2 atom stereocenters. The van der Waals surface area contributed by atoms with Gasteiger partial charge in [-0.1, -0.05) is 0 Å². The molecule has 0 N–H and O–H groups in total. The third-order valence-electron chi connectivity index (χ3n) is 2.69. The van der Waals surface area contributed by atoms with Crippen LogP contribution in [0.1, 0.15) is 27.2 Å². The molecule has 5 heteroatoms. The molecule has 0 aliphatic carbocycles. The summed E-state index contributed by atoms with van der Waals surface area (Å²) in [5.41, 5.74) is -0.501. The van der Waals surface area contributed by atoms with E-state index in [2.05, 4.69) is 0 Å². The maximum Gasteiger partial charge on any atom is 0.434 e. The second kappa shape index (κ2) is 4.56. The molecule has 1 amide bonds. The van der Waals surface area contributed by atoms with Crippen LogP contribution >= 0.6 is 0 Å². The minimum atomic E-state index is -0.501. The van der Waals surface area contributed by atoms with Gasteiger partial charge in [0.25, 0.3) is 0 Å². The lowest BCUT2D eigenvalue weighted by Crippen LogP contribution is -2.37. The fourth-order valence-corrected chi connectivity index (χ4v) is 1.86. The predicted octanol–water partition coefficient (Wildman–Crippen LogP) is 2.09. The van der Waals surface area contributed by atoms with Crippen molar-refractivity contribution in [1.82, 2.24) is 5.06 Å². The van der Waals surface area contributed by atoms with Gasteiger partial charge < -0.3 is 9.47 Å². The second-order valence-corrected chi connectivity index (χ2v) is 5.33. The lowest BCUT2D eigenvalue weighted by molar-refractivity contribution is -0.144. The van der Waals surface area contributed by atoms with Crippen molar-refractivity contribution in [2.45, 2.75) is 38.9 Å². The number of amides is 1. The number of hydroxylamine groups is 2. The third-order valence-corrected chi connectivity index (χ3v) is 2.69. The molecule has 2 rings (SSSR count). The summed E-state index contributed by atoms with van der Waals surface area (Å²) in [6.07, 6.45) is 4.14. The van der Waals surface area contributed by atoms with E-state index in [1.807, 2.05) is 26.8 Å². The van der Waals surface area contributed by atoms with Crippen molar-refractivity contribution in [2.24, 2.45) is 5.92 Å². The van der Waals surface area contributed by atoms with Crippen LogP contribution in [0.25, 0.3) is 0 Å². The van der Waals surface area contributed by atoms with E-state index in [-0.39, 0.29) is 12.0 Å². The van der Waals surface area contributed by atoms with Crippen LogP contribution in [0.3, 0.4) is 0 Å². The molecule has 2 heterocycles. The monoisotopic (exact) mass is 241 g/mol. The summed E-state index contributed by atoms with van der Waals surface area (Å²) in [6.45, 7) is 6.47. The number of rotatable bonds is 0. The SMILES string of the molecule is CC(C)(C)OC(=O)N1CCC2OC=CC2CO1. The molecular weight excluding hydrogens is 222 g/mol.